The van der Waals surface area contributed by atoms with Crippen LogP contribution in [0.1, 0.15) is 27.7 Å². The van der Waals surface area contributed by atoms with Crippen molar-refractivity contribution in [3.05, 3.63) is 97.1 Å². The third-order valence-corrected chi connectivity index (χ3v) is 9.77. The Labute approximate surface area is 278 Å². The van der Waals surface area contributed by atoms with Crippen LogP contribution >= 0.6 is 0 Å². The standard InChI is InChI=1S/C38H28B6O2/c1-37(2)38(3,4)46-44(45-37)27-10-7-9-22(20-27)23-12-13-25-19-26(15-14-24(25)18-23)30-28-11-6-5-8-21(28)16-17-29(30)31-32(39)34(41)36(43)35(42)33(31)40/h5-20H,1-4H3. The summed E-state index contributed by atoms with van der Waals surface area (Å²) in [6.45, 7) is 8.28. The van der Waals surface area contributed by atoms with E-state index in [1.165, 1.54) is 0 Å². The van der Waals surface area contributed by atoms with Gasteiger partial charge in [-0.05, 0) is 100 Å². The van der Waals surface area contributed by atoms with Gasteiger partial charge in [0.25, 0.3) is 0 Å². The van der Waals surface area contributed by atoms with Crippen molar-refractivity contribution < 1.29 is 9.31 Å². The molecule has 8 heteroatoms. The molecule has 0 amide bonds. The van der Waals surface area contributed by atoms with E-state index in [-0.39, 0.29) is 16.4 Å². The van der Waals surface area contributed by atoms with Gasteiger partial charge in [-0.3, -0.25) is 0 Å². The molecule has 7 rings (SSSR count). The van der Waals surface area contributed by atoms with Gasteiger partial charge in [-0.1, -0.05) is 95.9 Å². The molecule has 1 aliphatic heterocycles. The summed E-state index contributed by atoms with van der Waals surface area (Å²) < 4.78 is 12.6. The topological polar surface area (TPSA) is 18.5 Å². The van der Waals surface area contributed by atoms with Crippen molar-refractivity contribution in [1.82, 2.24) is 0 Å². The average Bonchev–Trinajstić information content (AvgIpc) is 3.28. The van der Waals surface area contributed by atoms with Crippen LogP contribution in [0.4, 0.5) is 0 Å². The lowest BCUT2D eigenvalue weighted by atomic mass is 9.59. The van der Waals surface area contributed by atoms with Crippen LogP contribution in [-0.2, 0) is 9.31 Å². The Balaban J connectivity index is 1.33. The summed E-state index contributed by atoms with van der Waals surface area (Å²) in [7, 11) is 31.4. The first kappa shape index (κ1) is 30.8. The maximum atomic E-state index is 6.56. The minimum atomic E-state index is -0.419. The van der Waals surface area contributed by atoms with Crippen molar-refractivity contribution in [1.29, 1.82) is 0 Å². The smallest absolute Gasteiger partial charge is 0.399 e. The van der Waals surface area contributed by atoms with Crippen molar-refractivity contribution in [3.63, 3.8) is 0 Å². The quantitative estimate of drug-likeness (QED) is 0.298. The van der Waals surface area contributed by atoms with Gasteiger partial charge in [0.1, 0.15) is 39.2 Å². The molecule has 1 aliphatic rings. The SMILES string of the molecule is [B]c1c([B])c([B])c(-c2ccc3ccccc3c2-c2ccc3cc(-c4cccc(B5OC(C)(C)C(C)(C)O5)c4)ccc3c2)c([B])c1[B]. The van der Waals surface area contributed by atoms with Crippen LogP contribution in [0.3, 0.4) is 0 Å². The van der Waals surface area contributed by atoms with Crippen molar-refractivity contribution in [3.8, 4) is 33.4 Å². The molecule has 10 radical (unpaired) electrons. The highest BCUT2D eigenvalue weighted by Gasteiger charge is 2.51. The van der Waals surface area contributed by atoms with E-state index >= 15 is 0 Å². The van der Waals surface area contributed by atoms with Crippen LogP contribution in [0.15, 0.2) is 97.1 Å². The highest BCUT2D eigenvalue weighted by atomic mass is 16.7. The zero-order valence-electron chi connectivity index (χ0n) is 26.5. The van der Waals surface area contributed by atoms with Gasteiger partial charge in [0, 0.05) is 0 Å². The molecule has 0 bridgehead atoms. The average molecular weight is 582 g/mol. The molecule has 2 nitrogen and oxygen atoms in total. The van der Waals surface area contributed by atoms with Gasteiger partial charge in [0.15, 0.2) is 0 Å². The predicted octanol–water partition coefficient (Wildman–Crippen LogP) is 3.26. The summed E-state index contributed by atoms with van der Waals surface area (Å²) in [6, 6.07) is 33.7. The Hall–Kier alpha value is -3.85. The largest absolute Gasteiger partial charge is 0.494 e. The van der Waals surface area contributed by atoms with Gasteiger partial charge in [0.05, 0.1) is 11.2 Å². The van der Waals surface area contributed by atoms with Gasteiger partial charge >= 0.3 is 7.12 Å². The molecule has 0 N–H and O–H groups in total. The van der Waals surface area contributed by atoms with E-state index in [1.807, 2.05) is 18.2 Å². The van der Waals surface area contributed by atoms with E-state index in [0.29, 0.717) is 16.5 Å². The number of rotatable bonds is 4. The molecule has 1 heterocycles. The van der Waals surface area contributed by atoms with Crippen molar-refractivity contribution in [2.45, 2.75) is 38.9 Å². The van der Waals surface area contributed by atoms with Crippen LogP contribution in [-0.4, -0.2) is 57.6 Å². The van der Waals surface area contributed by atoms with Crippen LogP contribution < -0.4 is 32.8 Å². The maximum Gasteiger partial charge on any atom is 0.494 e. The molecule has 46 heavy (non-hydrogen) atoms. The molecule has 0 unspecified atom stereocenters. The molecule has 0 aliphatic carbocycles. The second kappa shape index (κ2) is 11.1. The fourth-order valence-electron chi connectivity index (χ4n) is 6.36. The lowest BCUT2D eigenvalue weighted by molar-refractivity contribution is 0.00578. The zero-order valence-corrected chi connectivity index (χ0v) is 26.5. The van der Waals surface area contributed by atoms with E-state index < -0.39 is 18.3 Å². The van der Waals surface area contributed by atoms with E-state index in [4.69, 9.17) is 48.5 Å². The van der Waals surface area contributed by atoms with Gasteiger partial charge in [0.2, 0.25) is 0 Å². The monoisotopic (exact) mass is 582 g/mol. The minimum Gasteiger partial charge on any atom is -0.399 e. The fraction of sp³-hybridized carbons (Fsp3) is 0.158. The molecule has 0 spiro atoms. The number of hydrogen-bond acceptors (Lipinski definition) is 2. The molecule has 1 saturated heterocycles. The Morgan fingerprint density at radius 1 is 0.478 bits per heavy atom. The Kier molecular flexibility index (Phi) is 7.46. The number of fused-ring (bicyclic) bond motifs is 2. The van der Waals surface area contributed by atoms with Crippen LogP contribution in [0.2, 0.25) is 0 Å². The number of benzene rings is 6. The van der Waals surface area contributed by atoms with Crippen LogP contribution in [0.5, 0.6) is 0 Å². The summed E-state index contributed by atoms with van der Waals surface area (Å²) >= 11 is 0. The fourth-order valence-corrected chi connectivity index (χ4v) is 6.36. The Morgan fingerprint density at radius 3 is 1.70 bits per heavy atom. The van der Waals surface area contributed by atoms with E-state index in [9.17, 15) is 0 Å². The van der Waals surface area contributed by atoms with Crippen LogP contribution in [0.25, 0.3) is 54.9 Å². The molecule has 1 fully saturated rings. The molecular formula is C38H28B6O2. The molecular weight excluding hydrogens is 553 g/mol. The maximum absolute atomic E-state index is 6.56. The number of hydrogen-bond donors (Lipinski definition) is 0. The third kappa shape index (κ3) is 4.98. The predicted molar refractivity (Wildman–Crippen MR) is 200 cm³/mol. The summed E-state index contributed by atoms with van der Waals surface area (Å²) in [5, 5.41) is 4.36. The molecule has 6 aromatic carbocycles. The summed E-state index contributed by atoms with van der Waals surface area (Å²) in [5.41, 5.74) is 7.12. The highest BCUT2D eigenvalue weighted by Crippen LogP contribution is 2.39. The highest BCUT2D eigenvalue weighted by molar-refractivity contribution is 6.69. The second-order valence-corrected chi connectivity index (χ2v) is 13.1. The summed E-state index contributed by atoms with van der Waals surface area (Å²) in [4.78, 5) is 0. The molecule has 210 valence electrons. The van der Waals surface area contributed by atoms with Gasteiger partial charge in [-0.2, -0.15) is 0 Å². The van der Waals surface area contributed by atoms with Crippen molar-refractivity contribution in [2.24, 2.45) is 0 Å². The zero-order chi connectivity index (χ0) is 32.5. The van der Waals surface area contributed by atoms with Gasteiger partial charge in [-0.25, -0.2) is 0 Å². The van der Waals surface area contributed by atoms with E-state index in [0.717, 1.165) is 54.8 Å². The Bertz CT molecular complexity index is 2140. The summed E-state index contributed by atoms with van der Waals surface area (Å²) in [5.74, 6) is 0. The normalized spacial score (nSPS) is 15.5. The lowest BCUT2D eigenvalue weighted by Gasteiger charge is -2.32. The van der Waals surface area contributed by atoms with Gasteiger partial charge < -0.3 is 9.31 Å². The van der Waals surface area contributed by atoms with Gasteiger partial charge in [-0.15, -0.1) is 16.4 Å². The molecule has 0 atom stereocenters. The first-order chi connectivity index (χ1) is 21.9. The first-order valence-electron chi connectivity index (χ1n) is 15.4. The first-order valence-corrected chi connectivity index (χ1v) is 15.4. The lowest BCUT2D eigenvalue weighted by Crippen LogP contribution is -2.55. The van der Waals surface area contributed by atoms with Crippen LogP contribution in [0, 0.1) is 0 Å². The molecule has 0 saturated carbocycles. The van der Waals surface area contributed by atoms with Crippen molar-refractivity contribution >= 4 is 101 Å². The summed E-state index contributed by atoms with van der Waals surface area (Å²) in [6.07, 6.45) is 0. The third-order valence-electron chi connectivity index (χ3n) is 9.77. The molecule has 6 aromatic rings. The second-order valence-electron chi connectivity index (χ2n) is 13.1. The molecule has 0 aromatic heterocycles. The van der Waals surface area contributed by atoms with E-state index in [2.05, 4.69) is 107 Å². The Morgan fingerprint density at radius 2 is 1.02 bits per heavy atom. The minimum absolute atomic E-state index is 0.198. The van der Waals surface area contributed by atoms with E-state index in [1.54, 1.807) is 0 Å². The van der Waals surface area contributed by atoms with Crippen molar-refractivity contribution in [2.75, 3.05) is 0 Å².